The Labute approximate surface area is 130 Å². The summed E-state index contributed by atoms with van der Waals surface area (Å²) in [5.41, 5.74) is 9.74. The van der Waals surface area contributed by atoms with E-state index in [1.807, 2.05) is 31.7 Å². The minimum Gasteiger partial charge on any atom is -0.338 e. The molecule has 1 aliphatic rings. The van der Waals surface area contributed by atoms with Crippen molar-refractivity contribution >= 4 is 11.6 Å². The minimum absolute atomic E-state index is 0.0159. The van der Waals surface area contributed by atoms with Crippen molar-refractivity contribution in [3.05, 3.63) is 28.7 Å². The molecule has 0 spiro atoms. The number of aromatic nitrogens is 3. The summed E-state index contributed by atoms with van der Waals surface area (Å²) in [4.78, 5) is 19.4. The molecule has 2 N–H and O–H groups in total. The number of hydrogen-bond donors (Lipinski definition) is 1. The molecule has 1 saturated heterocycles. The Morgan fingerprint density at radius 2 is 2.14 bits per heavy atom. The van der Waals surface area contributed by atoms with E-state index in [0.717, 1.165) is 30.0 Å². The third-order valence-electron chi connectivity index (χ3n) is 4.62. The predicted molar refractivity (Wildman–Crippen MR) is 84.9 cm³/mol. The molecule has 1 amide bonds. The molecule has 1 aliphatic heterocycles. The summed E-state index contributed by atoms with van der Waals surface area (Å²) in [6.07, 6.45) is 0.943. The van der Waals surface area contributed by atoms with Crippen molar-refractivity contribution in [1.29, 1.82) is 0 Å². The molecule has 1 atom stereocenters. The number of likely N-dealkylation sites (tertiary alicyclic amines) is 1. The summed E-state index contributed by atoms with van der Waals surface area (Å²) in [5, 5.41) is 4.48. The van der Waals surface area contributed by atoms with Crippen LogP contribution in [0.25, 0.3) is 5.65 Å². The number of fused-ring (bicyclic) bond motifs is 1. The first kappa shape index (κ1) is 15.0. The monoisotopic (exact) mass is 301 g/mol. The second-order valence-corrected chi connectivity index (χ2v) is 6.73. The Hall–Kier alpha value is -1.95. The standard InChI is InChI=1S/C16H23N5O/c1-10-7-11(2)21-14(18-10)13(12(3)19-21)15(22)20-6-5-16(4,8-17)9-20/h7H,5-6,8-9,17H2,1-4H3. The lowest BCUT2D eigenvalue weighted by atomic mass is 9.90. The van der Waals surface area contributed by atoms with Crippen LogP contribution >= 0.6 is 0 Å². The van der Waals surface area contributed by atoms with Gasteiger partial charge in [0.15, 0.2) is 5.65 Å². The van der Waals surface area contributed by atoms with Gasteiger partial charge in [-0.3, -0.25) is 4.79 Å². The summed E-state index contributed by atoms with van der Waals surface area (Å²) in [7, 11) is 0. The molecule has 1 fully saturated rings. The van der Waals surface area contributed by atoms with Gasteiger partial charge in [0.25, 0.3) is 5.91 Å². The lowest BCUT2D eigenvalue weighted by Gasteiger charge is -2.22. The van der Waals surface area contributed by atoms with Gasteiger partial charge >= 0.3 is 0 Å². The number of nitrogens with zero attached hydrogens (tertiary/aromatic N) is 4. The number of amides is 1. The van der Waals surface area contributed by atoms with Gasteiger partial charge in [0, 0.05) is 24.5 Å². The molecule has 1 unspecified atom stereocenters. The smallest absolute Gasteiger partial charge is 0.259 e. The van der Waals surface area contributed by atoms with E-state index in [1.54, 1.807) is 4.52 Å². The Morgan fingerprint density at radius 3 is 2.77 bits per heavy atom. The van der Waals surface area contributed by atoms with E-state index in [9.17, 15) is 4.79 Å². The zero-order valence-electron chi connectivity index (χ0n) is 13.7. The van der Waals surface area contributed by atoms with E-state index in [-0.39, 0.29) is 11.3 Å². The first-order valence-corrected chi connectivity index (χ1v) is 7.67. The molecular weight excluding hydrogens is 278 g/mol. The third kappa shape index (κ3) is 2.27. The highest BCUT2D eigenvalue weighted by molar-refractivity contribution is 6.01. The third-order valence-corrected chi connectivity index (χ3v) is 4.62. The van der Waals surface area contributed by atoms with E-state index in [1.165, 1.54) is 0 Å². The molecule has 0 bridgehead atoms. The van der Waals surface area contributed by atoms with Crippen molar-refractivity contribution in [2.45, 2.75) is 34.1 Å². The molecule has 3 rings (SSSR count). The molecule has 118 valence electrons. The highest BCUT2D eigenvalue weighted by atomic mass is 16.2. The molecule has 0 saturated carbocycles. The Morgan fingerprint density at radius 1 is 1.41 bits per heavy atom. The summed E-state index contributed by atoms with van der Waals surface area (Å²) in [6, 6.07) is 1.97. The van der Waals surface area contributed by atoms with Crippen LogP contribution < -0.4 is 5.73 Å². The lowest BCUT2D eigenvalue weighted by Crippen LogP contribution is -2.34. The normalized spacial score (nSPS) is 21.8. The molecule has 22 heavy (non-hydrogen) atoms. The van der Waals surface area contributed by atoms with Gasteiger partial charge in [0.1, 0.15) is 5.56 Å². The quantitative estimate of drug-likeness (QED) is 0.911. The van der Waals surface area contributed by atoms with Gasteiger partial charge in [0.05, 0.1) is 5.69 Å². The minimum atomic E-state index is 0.0159. The maximum Gasteiger partial charge on any atom is 0.259 e. The topological polar surface area (TPSA) is 76.5 Å². The van der Waals surface area contributed by atoms with Crippen LogP contribution in [-0.2, 0) is 0 Å². The van der Waals surface area contributed by atoms with Gasteiger partial charge in [-0.1, -0.05) is 6.92 Å². The molecule has 0 aromatic carbocycles. The molecule has 3 heterocycles. The molecular formula is C16H23N5O. The number of carbonyl (C=O) groups excluding carboxylic acids is 1. The fourth-order valence-electron chi connectivity index (χ4n) is 3.20. The molecule has 6 nitrogen and oxygen atoms in total. The number of nitrogens with two attached hydrogens (primary N) is 1. The Kier molecular flexibility index (Phi) is 3.44. The maximum absolute atomic E-state index is 13.0. The van der Waals surface area contributed by atoms with Crippen molar-refractivity contribution in [3.63, 3.8) is 0 Å². The van der Waals surface area contributed by atoms with Crippen molar-refractivity contribution < 1.29 is 4.79 Å². The zero-order valence-corrected chi connectivity index (χ0v) is 13.7. The van der Waals surface area contributed by atoms with Gasteiger partial charge in [-0.15, -0.1) is 0 Å². The second-order valence-electron chi connectivity index (χ2n) is 6.73. The van der Waals surface area contributed by atoms with Gasteiger partial charge in [0.2, 0.25) is 0 Å². The van der Waals surface area contributed by atoms with Crippen LogP contribution in [0, 0.1) is 26.2 Å². The summed E-state index contributed by atoms with van der Waals surface area (Å²) in [5.74, 6) is 0.0159. The predicted octanol–water partition coefficient (Wildman–Crippen LogP) is 1.47. The van der Waals surface area contributed by atoms with Crippen LogP contribution in [-0.4, -0.2) is 45.0 Å². The van der Waals surface area contributed by atoms with E-state index in [0.29, 0.717) is 24.3 Å². The fraction of sp³-hybridized carbons (Fsp3) is 0.562. The van der Waals surface area contributed by atoms with Gasteiger partial charge in [-0.2, -0.15) is 5.10 Å². The number of carbonyl (C=O) groups is 1. The fourth-order valence-corrected chi connectivity index (χ4v) is 3.20. The van der Waals surface area contributed by atoms with Gasteiger partial charge < -0.3 is 10.6 Å². The Bertz CT molecular complexity index is 751. The molecule has 0 aliphatic carbocycles. The summed E-state index contributed by atoms with van der Waals surface area (Å²) < 4.78 is 1.76. The Balaban J connectivity index is 2.03. The average molecular weight is 301 g/mol. The second kappa shape index (κ2) is 5.05. The largest absolute Gasteiger partial charge is 0.338 e. The van der Waals surface area contributed by atoms with Crippen molar-refractivity contribution in [3.8, 4) is 0 Å². The maximum atomic E-state index is 13.0. The van der Waals surface area contributed by atoms with Crippen LogP contribution in [0.4, 0.5) is 0 Å². The molecule has 0 radical (unpaired) electrons. The number of aryl methyl sites for hydroxylation is 3. The van der Waals surface area contributed by atoms with Crippen LogP contribution in [0.2, 0.25) is 0 Å². The summed E-state index contributed by atoms with van der Waals surface area (Å²) in [6.45, 7) is 9.96. The van der Waals surface area contributed by atoms with Crippen molar-refractivity contribution in [2.24, 2.45) is 11.1 Å². The molecule has 6 heteroatoms. The van der Waals surface area contributed by atoms with E-state index < -0.39 is 0 Å². The first-order valence-electron chi connectivity index (χ1n) is 7.67. The van der Waals surface area contributed by atoms with E-state index >= 15 is 0 Å². The number of rotatable bonds is 2. The molecule has 2 aromatic rings. The average Bonchev–Trinajstić information content (AvgIpc) is 3.00. The summed E-state index contributed by atoms with van der Waals surface area (Å²) >= 11 is 0. The van der Waals surface area contributed by atoms with E-state index in [4.69, 9.17) is 5.73 Å². The zero-order chi connectivity index (χ0) is 16.1. The van der Waals surface area contributed by atoms with Crippen molar-refractivity contribution in [1.82, 2.24) is 19.5 Å². The van der Waals surface area contributed by atoms with Gasteiger partial charge in [-0.05, 0) is 45.2 Å². The van der Waals surface area contributed by atoms with Crippen molar-refractivity contribution in [2.75, 3.05) is 19.6 Å². The SMILES string of the molecule is Cc1cc(C)n2nc(C)c(C(=O)N3CCC(C)(CN)C3)c2n1. The van der Waals surface area contributed by atoms with E-state index in [2.05, 4.69) is 17.0 Å². The van der Waals surface area contributed by atoms with Crippen LogP contribution in [0.15, 0.2) is 6.07 Å². The first-order chi connectivity index (χ1) is 10.3. The van der Waals surface area contributed by atoms with Crippen LogP contribution in [0.5, 0.6) is 0 Å². The highest BCUT2D eigenvalue weighted by Gasteiger charge is 2.36. The lowest BCUT2D eigenvalue weighted by molar-refractivity contribution is 0.0778. The van der Waals surface area contributed by atoms with Crippen LogP contribution in [0.3, 0.4) is 0 Å². The molecule has 2 aromatic heterocycles. The van der Waals surface area contributed by atoms with Crippen LogP contribution in [0.1, 0.15) is 40.8 Å². The highest BCUT2D eigenvalue weighted by Crippen LogP contribution is 2.30. The van der Waals surface area contributed by atoms with Gasteiger partial charge in [-0.25, -0.2) is 9.50 Å². The number of hydrogen-bond acceptors (Lipinski definition) is 4.